The molecule has 0 unspecified atom stereocenters. The lowest BCUT2D eigenvalue weighted by atomic mass is 9.97. The Morgan fingerprint density at radius 3 is 2.43 bits per heavy atom. The molecule has 1 heterocycles. The molecule has 1 fully saturated rings. The number of piperidine rings is 1. The van der Waals surface area contributed by atoms with Gasteiger partial charge in [0.1, 0.15) is 5.75 Å². The Hall–Kier alpha value is -1.69. The third-order valence-electron chi connectivity index (χ3n) is 3.73. The molecular formula is C15H19F2NO3. The number of aliphatic hydroxyl groups is 1. The Kier molecular flexibility index (Phi) is 5.50. The van der Waals surface area contributed by atoms with E-state index in [4.69, 9.17) is 5.11 Å². The molecule has 0 spiro atoms. The van der Waals surface area contributed by atoms with Gasteiger partial charge in [-0.3, -0.25) is 4.79 Å². The van der Waals surface area contributed by atoms with Gasteiger partial charge in [-0.05, 0) is 36.5 Å². The molecule has 0 saturated carbocycles. The number of amides is 1. The minimum absolute atomic E-state index is 0.0221. The number of aliphatic hydroxyl groups excluding tert-OH is 1. The van der Waals surface area contributed by atoms with Crippen LogP contribution in [0.1, 0.15) is 18.4 Å². The SMILES string of the molecule is O=C(Cc1ccc(OC(F)F)cc1)N1CCC(CO)CC1. The van der Waals surface area contributed by atoms with Crippen molar-refractivity contribution in [3.05, 3.63) is 29.8 Å². The van der Waals surface area contributed by atoms with Crippen LogP contribution in [0.5, 0.6) is 5.75 Å². The molecule has 1 amide bonds. The van der Waals surface area contributed by atoms with Crippen LogP contribution >= 0.6 is 0 Å². The minimum Gasteiger partial charge on any atom is -0.435 e. The fraction of sp³-hybridized carbons (Fsp3) is 0.533. The van der Waals surface area contributed by atoms with Crippen LogP contribution < -0.4 is 4.74 Å². The van der Waals surface area contributed by atoms with Crippen LogP contribution in [0.4, 0.5) is 8.78 Å². The molecule has 1 aliphatic heterocycles. The van der Waals surface area contributed by atoms with E-state index >= 15 is 0 Å². The van der Waals surface area contributed by atoms with Crippen molar-refractivity contribution in [1.82, 2.24) is 4.90 Å². The van der Waals surface area contributed by atoms with Crippen LogP contribution in [0.25, 0.3) is 0 Å². The summed E-state index contributed by atoms with van der Waals surface area (Å²) in [6.45, 7) is -1.34. The Morgan fingerprint density at radius 1 is 1.29 bits per heavy atom. The number of hydrogen-bond acceptors (Lipinski definition) is 3. The number of ether oxygens (including phenoxy) is 1. The zero-order chi connectivity index (χ0) is 15.2. The summed E-state index contributed by atoms with van der Waals surface area (Å²) in [5, 5.41) is 9.07. The summed E-state index contributed by atoms with van der Waals surface area (Å²) >= 11 is 0. The maximum atomic E-state index is 12.1. The van der Waals surface area contributed by atoms with Gasteiger partial charge in [0.2, 0.25) is 5.91 Å². The van der Waals surface area contributed by atoms with Gasteiger partial charge in [-0.1, -0.05) is 12.1 Å². The summed E-state index contributed by atoms with van der Waals surface area (Å²) in [5.41, 5.74) is 0.769. The van der Waals surface area contributed by atoms with E-state index in [0.717, 1.165) is 18.4 Å². The molecule has 116 valence electrons. The van der Waals surface area contributed by atoms with Gasteiger partial charge < -0.3 is 14.7 Å². The summed E-state index contributed by atoms with van der Waals surface area (Å²) in [4.78, 5) is 13.9. The third-order valence-corrected chi connectivity index (χ3v) is 3.73. The van der Waals surface area contributed by atoms with Gasteiger partial charge in [-0.25, -0.2) is 0 Å². The van der Waals surface area contributed by atoms with Crippen LogP contribution in [-0.2, 0) is 11.2 Å². The molecule has 1 aromatic rings. The quantitative estimate of drug-likeness (QED) is 0.905. The molecule has 0 aromatic heterocycles. The fourth-order valence-corrected chi connectivity index (χ4v) is 2.44. The van der Waals surface area contributed by atoms with Crippen molar-refractivity contribution >= 4 is 5.91 Å². The number of halogens is 2. The number of likely N-dealkylation sites (tertiary alicyclic amines) is 1. The van der Waals surface area contributed by atoms with Crippen molar-refractivity contribution in [1.29, 1.82) is 0 Å². The lowest BCUT2D eigenvalue weighted by Crippen LogP contribution is -2.40. The normalized spacial score (nSPS) is 16.3. The largest absolute Gasteiger partial charge is 0.435 e. The van der Waals surface area contributed by atoms with E-state index in [2.05, 4.69) is 4.74 Å². The van der Waals surface area contributed by atoms with Crippen molar-refractivity contribution in [2.24, 2.45) is 5.92 Å². The molecule has 1 N–H and O–H groups in total. The van der Waals surface area contributed by atoms with Crippen LogP contribution in [0.3, 0.4) is 0 Å². The van der Waals surface area contributed by atoms with Gasteiger partial charge in [-0.15, -0.1) is 0 Å². The smallest absolute Gasteiger partial charge is 0.387 e. The molecule has 0 atom stereocenters. The second kappa shape index (κ2) is 7.36. The molecular weight excluding hydrogens is 280 g/mol. The molecule has 2 rings (SSSR count). The van der Waals surface area contributed by atoms with Gasteiger partial charge in [-0.2, -0.15) is 8.78 Å². The topological polar surface area (TPSA) is 49.8 Å². The predicted molar refractivity (Wildman–Crippen MR) is 73.2 cm³/mol. The van der Waals surface area contributed by atoms with Crippen LogP contribution in [0, 0.1) is 5.92 Å². The van der Waals surface area contributed by atoms with Crippen molar-refractivity contribution in [2.45, 2.75) is 25.9 Å². The van der Waals surface area contributed by atoms with E-state index in [9.17, 15) is 13.6 Å². The van der Waals surface area contributed by atoms with Gasteiger partial charge in [0.25, 0.3) is 0 Å². The molecule has 1 aliphatic rings. The van der Waals surface area contributed by atoms with E-state index in [1.165, 1.54) is 12.1 Å². The molecule has 21 heavy (non-hydrogen) atoms. The van der Waals surface area contributed by atoms with Crippen molar-refractivity contribution in [3.8, 4) is 5.75 Å². The van der Waals surface area contributed by atoms with E-state index in [0.29, 0.717) is 19.0 Å². The number of benzene rings is 1. The number of nitrogens with zero attached hydrogens (tertiary/aromatic N) is 1. The average Bonchev–Trinajstić information content (AvgIpc) is 2.49. The lowest BCUT2D eigenvalue weighted by molar-refractivity contribution is -0.132. The highest BCUT2D eigenvalue weighted by atomic mass is 19.3. The molecule has 4 nitrogen and oxygen atoms in total. The Balaban J connectivity index is 1.85. The van der Waals surface area contributed by atoms with E-state index < -0.39 is 6.61 Å². The van der Waals surface area contributed by atoms with E-state index in [1.54, 1.807) is 17.0 Å². The zero-order valence-corrected chi connectivity index (χ0v) is 11.7. The van der Waals surface area contributed by atoms with Gasteiger partial charge >= 0.3 is 6.61 Å². The summed E-state index contributed by atoms with van der Waals surface area (Å²) in [7, 11) is 0. The molecule has 6 heteroatoms. The van der Waals surface area contributed by atoms with Crippen molar-refractivity contribution in [3.63, 3.8) is 0 Å². The van der Waals surface area contributed by atoms with Crippen molar-refractivity contribution in [2.75, 3.05) is 19.7 Å². The van der Waals surface area contributed by atoms with Crippen LogP contribution in [0.2, 0.25) is 0 Å². The first-order chi connectivity index (χ1) is 10.1. The standard InChI is InChI=1S/C15H19F2NO3/c16-15(17)21-13-3-1-11(2-4-13)9-14(20)18-7-5-12(10-19)6-8-18/h1-4,12,15,19H,5-10H2. The average molecular weight is 299 g/mol. The van der Waals surface area contributed by atoms with Gasteiger partial charge in [0, 0.05) is 19.7 Å². The monoisotopic (exact) mass is 299 g/mol. The van der Waals surface area contributed by atoms with E-state index in [-0.39, 0.29) is 24.7 Å². The second-order valence-electron chi connectivity index (χ2n) is 5.21. The Labute approximate surface area is 122 Å². The summed E-state index contributed by atoms with van der Waals surface area (Å²) in [6.07, 6.45) is 1.89. The molecule has 1 aromatic carbocycles. The first kappa shape index (κ1) is 15.7. The summed E-state index contributed by atoms with van der Waals surface area (Å²) < 4.78 is 28.3. The summed E-state index contributed by atoms with van der Waals surface area (Å²) in [6, 6.07) is 6.12. The highest BCUT2D eigenvalue weighted by Crippen LogP contribution is 2.19. The fourth-order valence-electron chi connectivity index (χ4n) is 2.44. The van der Waals surface area contributed by atoms with Gasteiger partial charge in [0.15, 0.2) is 0 Å². The first-order valence-corrected chi connectivity index (χ1v) is 7.01. The zero-order valence-electron chi connectivity index (χ0n) is 11.7. The minimum atomic E-state index is -2.84. The maximum absolute atomic E-state index is 12.1. The highest BCUT2D eigenvalue weighted by molar-refractivity contribution is 5.78. The molecule has 1 saturated heterocycles. The molecule has 0 aliphatic carbocycles. The van der Waals surface area contributed by atoms with Crippen LogP contribution in [0.15, 0.2) is 24.3 Å². The molecule has 0 bridgehead atoms. The number of hydrogen-bond donors (Lipinski definition) is 1. The molecule has 0 radical (unpaired) electrons. The Bertz CT molecular complexity index is 456. The lowest BCUT2D eigenvalue weighted by Gasteiger charge is -2.31. The highest BCUT2D eigenvalue weighted by Gasteiger charge is 2.22. The Morgan fingerprint density at radius 2 is 1.90 bits per heavy atom. The van der Waals surface area contributed by atoms with Gasteiger partial charge in [0.05, 0.1) is 6.42 Å². The predicted octanol–water partition coefficient (Wildman–Crippen LogP) is 2.06. The number of carbonyl (C=O) groups is 1. The van der Waals surface area contributed by atoms with Crippen LogP contribution in [-0.4, -0.2) is 42.2 Å². The number of carbonyl (C=O) groups excluding carboxylic acids is 1. The number of alkyl halides is 2. The summed E-state index contributed by atoms with van der Waals surface area (Å²) in [5.74, 6) is 0.402. The maximum Gasteiger partial charge on any atom is 0.387 e. The second-order valence-corrected chi connectivity index (χ2v) is 5.21. The third kappa shape index (κ3) is 4.67. The van der Waals surface area contributed by atoms with E-state index in [1.807, 2.05) is 0 Å². The van der Waals surface area contributed by atoms with Crippen molar-refractivity contribution < 1.29 is 23.4 Å². The number of rotatable bonds is 5. The first-order valence-electron chi connectivity index (χ1n) is 7.01.